The number of carbonyl (C=O) groups is 1. The molecule has 0 atom stereocenters. The quantitative estimate of drug-likeness (QED) is 0.590. The molecule has 0 radical (unpaired) electrons. The Labute approximate surface area is 151 Å². The molecule has 6 heteroatoms. The summed E-state index contributed by atoms with van der Waals surface area (Å²) in [6.07, 6.45) is 2.56. The van der Waals surface area contributed by atoms with E-state index in [1.807, 2.05) is 32.0 Å². The summed E-state index contributed by atoms with van der Waals surface area (Å²) in [7, 11) is 0. The number of aryl methyl sites for hydroxylation is 2. The van der Waals surface area contributed by atoms with Crippen LogP contribution >= 0.6 is 0 Å². The average molecular weight is 355 g/mol. The van der Waals surface area contributed by atoms with E-state index in [-0.39, 0.29) is 11.3 Å². The molecule has 2 rings (SSSR count). The van der Waals surface area contributed by atoms with Crippen molar-refractivity contribution < 1.29 is 13.6 Å². The second-order valence-corrected chi connectivity index (χ2v) is 5.55. The molecule has 0 aromatic heterocycles. The first-order chi connectivity index (χ1) is 12.5. The maximum atomic E-state index is 13.6. The second kappa shape index (κ2) is 8.77. The molecule has 0 fully saturated rings. The van der Waals surface area contributed by atoms with Gasteiger partial charge in [-0.15, -0.1) is 0 Å². The Morgan fingerprint density at radius 1 is 1.15 bits per heavy atom. The minimum Gasteiger partial charge on any atom is -0.358 e. The van der Waals surface area contributed by atoms with Crippen molar-refractivity contribution in [3.05, 3.63) is 70.9 Å². The fourth-order valence-corrected chi connectivity index (χ4v) is 2.49. The van der Waals surface area contributed by atoms with Gasteiger partial charge in [0.15, 0.2) is 0 Å². The highest BCUT2D eigenvalue weighted by Gasteiger charge is 2.14. The van der Waals surface area contributed by atoms with Crippen LogP contribution in [0.25, 0.3) is 0 Å². The lowest BCUT2D eigenvalue weighted by Gasteiger charge is -2.14. The van der Waals surface area contributed by atoms with E-state index in [9.17, 15) is 18.8 Å². The SMILES string of the molecule is CCc1cccc(CC)c1NC(=O)/C(C#N)=C\Nc1ccc(F)cc1F. The standard InChI is InChI=1S/C20H19F2N3O/c1-3-13-6-5-7-14(4-2)19(13)25-20(26)15(11-23)12-24-18-9-8-16(21)10-17(18)22/h5-10,12,24H,3-4H2,1-2H3,(H,25,26)/b15-12-. The molecule has 0 heterocycles. The number of rotatable bonds is 6. The van der Waals surface area contributed by atoms with Crippen molar-refractivity contribution in [3.8, 4) is 6.07 Å². The largest absolute Gasteiger partial charge is 0.358 e. The third-order valence-corrected chi connectivity index (χ3v) is 3.91. The fraction of sp³-hybridized carbons (Fsp3) is 0.200. The number of hydrogen-bond donors (Lipinski definition) is 2. The lowest BCUT2D eigenvalue weighted by Crippen LogP contribution is -2.17. The summed E-state index contributed by atoms with van der Waals surface area (Å²) in [5, 5.41) is 14.5. The molecule has 1 amide bonds. The van der Waals surface area contributed by atoms with Crippen molar-refractivity contribution >= 4 is 17.3 Å². The van der Waals surface area contributed by atoms with Crippen molar-refractivity contribution in [1.29, 1.82) is 5.26 Å². The second-order valence-electron chi connectivity index (χ2n) is 5.55. The molecular weight excluding hydrogens is 336 g/mol. The number of halogens is 2. The van der Waals surface area contributed by atoms with Gasteiger partial charge in [-0.2, -0.15) is 5.26 Å². The van der Waals surface area contributed by atoms with E-state index in [1.165, 1.54) is 6.07 Å². The van der Waals surface area contributed by atoms with Gasteiger partial charge in [0.05, 0.1) is 5.69 Å². The zero-order valence-corrected chi connectivity index (χ0v) is 14.6. The maximum absolute atomic E-state index is 13.6. The number of hydrogen-bond acceptors (Lipinski definition) is 3. The Balaban J connectivity index is 2.23. The number of para-hydroxylation sites is 1. The molecule has 26 heavy (non-hydrogen) atoms. The summed E-state index contributed by atoms with van der Waals surface area (Å²) in [4.78, 5) is 12.4. The molecule has 0 bridgehead atoms. The summed E-state index contributed by atoms with van der Waals surface area (Å²) >= 11 is 0. The van der Waals surface area contributed by atoms with Gasteiger partial charge in [-0.1, -0.05) is 32.0 Å². The Morgan fingerprint density at radius 3 is 2.35 bits per heavy atom. The van der Waals surface area contributed by atoms with Crippen molar-refractivity contribution in [2.24, 2.45) is 0 Å². The molecule has 0 saturated heterocycles. The van der Waals surface area contributed by atoms with E-state index in [2.05, 4.69) is 10.6 Å². The van der Waals surface area contributed by atoms with E-state index < -0.39 is 17.5 Å². The normalized spacial score (nSPS) is 11.0. The summed E-state index contributed by atoms with van der Waals surface area (Å²) in [6.45, 7) is 3.95. The summed E-state index contributed by atoms with van der Waals surface area (Å²) in [5.41, 5.74) is 2.37. The average Bonchev–Trinajstić information content (AvgIpc) is 2.63. The van der Waals surface area contributed by atoms with Gasteiger partial charge in [0.25, 0.3) is 5.91 Å². The minimum atomic E-state index is -0.816. The van der Waals surface area contributed by atoms with E-state index in [4.69, 9.17) is 0 Å². The van der Waals surface area contributed by atoms with Crippen LogP contribution in [0.3, 0.4) is 0 Å². The Kier molecular flexibility index (Phi) is 6.45. The third kappa shape index (κ3) is 4.45. The molecule has 134 valence electrons. The van der Waals surface area contributed by atoms with Crippen LogP contribution in [0, 0.1) is 23.0 Å². The number of nitrogens with one attached hydrogen (secondary N) is 2. The van der Waals surface area contributed by atoms with Gasteiger partial charge in [0.2, 0.25) is 0 Å². The lowest BCUT2D eigenvalue weighted by atomic mass is 10.0. The molecule has 0 aliphatic heterocycles. The van der Waals surface area contributed by atoms with Crippen LogP contribution in [-0.4, -0.2) is 5.91 Å². The molecule has 0 unspecified atom stereocenters. The molecular formula is C20H19F2N3O. The highest BCUT2D eigenvalue weighted by atomic mass is 19.1. The van der Waals surface area contributed by atoms with Gasteiger partial charge in [-0.05, 0) is 36.1 Å². The van der Waals surface area contributed by atoms with Crippen molar-refractivity contribution in [2.75, 3.05) is 10.6 Å². The van der Waals surface area contributed by atoms with Crippen LogP contribution in [-0.2, 0) is 17.6 Å². The molecule has 2 aromatic carbocycles. The molecule has 2 aromatic rings. The van der Waals surface area contributed by atoms with Gasteiger partial charge in [-0.25, -0.2) is 8.78 Å². The van der Waals surface area contributed by atoms with Crippen LogP contribution < -0.4 is 10.6 Å². The number of carbonyl (C=O) groups excluding carboxylic acids is 1. The summed E-state index contributed by atoms with van der Waals surface area (Å²) in [6, 6.07) is 10.5. The number of benzene rings is 2. The van der Waals surface area contributed by atoms with Crippen molar-refractivity contribution in [1.82, 2.24) is 0 Å². The molecule has 0 saturated carbocycles. The smallest absolute Gasteiger partial charge is 0.267 e. The predicted octanol–water partition coefficient (Wildman–Crippen LogP) is 4.55. The Bertz CT molecular complexity index is 863. The number of amides is 1. The fourth-order valence-electron chi connectivity index (χ4n) is 2.49. The van der Waals surface area contributed by atoms with Gasteiger partial charge in [0.1, 0.15) is 23.3 Å². The monoisotopic (exact) mass is 355 g/mol. The zero-order valence-electron chi connectivity index (χ0n) is 14.6. The Morgan fingerprint density at radius 2 is 1.81 bits per heavy atom. The lowest BCUT2D eigenvalue weighted by molar-refractivity contribution is -0.112. The van der Waals surface area contributed by atoms with E-state index >= 15 is 0 Å². The predicted molar refractivity (Wildman–Crippen MR) is 97.5 cm³/mol. The number of nitriles is 1. The molecule has 0 aliphatic rings. The van der Waals surface area contributed by atoms with Crippen molar-refractivity contribution in [3.63, 3.8) is 0 Å². The highest BCUT2D eigenvalue weighted by Crippen LogP contribution is 2.23. The molecule has 2 N–H and O–H groups in total. The minimum absolute atomic E-state index is 0.0323. The van der Waals surface area contributed by atoms with Gasteiger partial charge >= 0.3 is 0 Å². The highest BCUT2D eigenvalue weighted by molar-refractivity contribution is 6.07. The third-order valence-electron chi connectivity index (χ3n) is 3.91. The topological polar surface area (TPSA) is 64.9 Å². The zero-order chi connectivity index (χ0) is 19.1. The first-order valence-electron chi connectivity index (χ1n) is 8.24. The molecule has 0 spiro atoms. The number of anilines is 2. The van der Waals surface area contributed by atoms with Crippen LogP contribution in [0.2, 0.25) is 0 Å². The molecule has 0 aliphatic carbocycles. The van der Waals surface area contributed by atoms with E-state index in [1.54, 1.807) is 6.07 Å². The van der Waals surface area contributed by atoms with Crippen LogP contribution in [0.5, 0.6) is 0 Å². The number of nitrogens with zero attached hydrogens (tertiary/aromatic N) is 1. The van der Waals surface area contributed by atoms with Crippen molar-refractivity contribution in [2.45, 2.75) is 26.7 Å². The van der Waals surface area contributed by atoms with Gasteiger partial charge < -0.3 is 10.6 Å². The van der Waals surface area contributed by atoms with E-state index in [0.29, 0.717) is 11.8 Å². The summed E-state index contributed by atoms with van der Waals surface area (Å²) < 4.78 is 26.6. The van der Waals surface area contributed by atoms with Crippen LogP contribution in [0.1, 0.15) is 25.0 Å². The van der Waals surface area contributed by atoms with Crippen LogP contribution in [0.15, 0.2) is 48.2 Å². The van der Waals surface area contributed by atoms with Gasteiger partial charge in [-0.3, -0.25) is 4.79 Å². The maximum Gasteiger partial charge on any atom is 0.267 e. The first kappa shape index (κ1) is 19.1. The Hall–Kier alpha value is -3.20. The van der Waals surface area contributed by atoms with E-state index in [0.717, 1.165) is 36.2 Å². The first-order valence-corrected chi connectivity index (χ1v) is 8.24. The van der Waals surface area contributed by atoms with Crippen LogP contribution in [0.4, 0.5) is 20.2 Å². The summed E-state index contributed by atoms with van der Waals surface area (Å²) in [5.74, 6) is -2.12. The van der Waals surface area contributed by atoms with Gasteiger partial charge in [0, 0.05) is 18.0 Å². The molecule has 4 nitrogen and oxygen atoms in total.